The van der Waals surface area contributed by atoms with E-state index in [9.17, 15) is 4.79 Å². The SMILES string of the molecule is O=C(Nc1ccc(N2CCC3(CCNC3)C2)cc1)N1CC=C(c2ccc(Cl)cc2)CC1. The highest BCUT2D eigenvalue weighted by atomic mass is 35.5. The average Bonchev–Trinajstić information content (AvgIpc) is 3.45. The smallest absolute Gasteiger partial charge is 0.322 e. The van der Waals surface area contributed by atoms with Crippen LogP contribution in [0.5, 0.6) is 0 Å². The molecule has 1 unspecified atom stereocenters. The second-order valence-electron chi connectivity index (χ2n) is 9.01. The zero-order valence-electron chi connectivity index (χ0n) is 17.7. The lowest BCUT2D eigenvalue weighted by Crippen LogP contribution is -2.37. The first kappa shape index (κ1) is 20.4. The van der Waals surface area contributed by atoms with Crippen molar-refractivity contribution in [2.24, 2.45) is 5.41 Å². The quantitative estimate of drug-likeness (QED) is 0.722. The summed E-state index contributed by atoms with van der Waals surface area (Å²) in [5.74, 6) is 0. The van der Waals surface area contributed by atoms with Gasteiger partial charge in [0.15, 0.2) is 0 Å². The number of halogens is 1. The number of rotatable bonds is 3. The van der Waals surface area contributed by atoms with Gasteiger partial charge < -0.3 is 20.4 Å². The van der Waals surface area contributed by atoms with E-state index in [1.807, 2.05) is 41.3 Å². The molecule has 3 heterocycles. The lowest BCUT2D eigenvalue weighted by atomic mass is 9.86. The number of anilines is 2. The number of urea groups is 1. The van der Waals surface area contributed by atoms with Crippen molar-refractivity contribution in [3.8, 4) is 0 Å². The van der Waals surface area contributed by atoms with E-state index in [1.54, 1.807) is 0 Å². The van der Waals surface area contributed by atoms with Gasteiger partial charge in [0.05, 0.1) is 0 Å². The summed E-state index contributed by atoms with van der Waals surface area (Å²) < 4.78 is 0. The van der Waals surface area contributed by atoms with Crippen LogP contribution < -0.4 is 15.5 Å². The zero-order chi connectivity index (χ0) is 21.3. The summed E-state index contributed by atoms with van der Waals surface area (Å²) in [5.41, 5.74) is 5.00. The fourth-order valence-electron chi connectivity index (χ4n) is 5.04. The van der Waals surface area contributed by atoms with Crippen LogP contribution in [0.3, 0.4) is 0 Å². The van der Waals surface area contributed by atoms with Crippen molar-refractivity contribution < 1.29 is 4.79 Å². The number of nitrogens with one attached hydrogen (secondary N) is 2. The molecule has 162 valence electrons. The van der Waals surface area contributed by atoms with E-state index in [-0.39, 0.29) is 6.03 Å². The Morgan fingerprint density at radius 1 is 1.03 bits per heavy atom. The summed E-state index contributed by atoms with van der Waals surface area (Å²) >= 11 is 5.98. The molecule has 2 aromatic carbocycles. The Bertz CT molecular complexity index is 964. The second-order valence-corrected chi connectivity index (χ2v) is 9.44. The van der Waals surface area contributed by atoms with Crippen molar-refractivity contribution in [2.45, 2.75) is 19.3 Å². The fraction of sp³-hybridized carbons (Fsp3) is 0.400. The molecule has 2 fully saturated rings. The number of benzene rings is 2. The van der Waals surface area contributed by atoms with Crippen LogP contribution in [0.15, 0.2) is 54.6 Å². The van der Waals surface area contributed by atoms with E-state index in [4.69, 9.17) is 11.6 Å². The van der Waals surface area contributed by atoms with Gasteiger partial charge in [-0.1, -0.05) is 29.8 Å². The van der Waals surface area contributed by atoms with Crippen molar-refractivity contribution in [1.82, 2.24) is 10.2 Å². The van der Waals surface area contributed by atoms with Crippen LogP contribution >= 0.6 is 11.6 Å². The molecule has 2 N–H and O–H groups in total. The van der Waals surface area contributed by atoms with Gasteiger partial charge in [0, 0.05) is 54.5 Å². The van der Waals surface area contributed by atoms with Gasteiger partial charge in [0.25, 0.3) is 0 Å². The molecule has 5 rings (SSSR count). The van der Waals surface area contributed by atoms with Gasteiger partial charge >= 0.3 is 6.03 Å². The molecular formula is C25H29ClN4O. The van der Waals surface area contributed by atoms with Gasteiger partial charge in [-0.05, 0) is 73.3 Å². The summed E-state index contributed by atoms with van der Waals surface area (Å²) in [4.78, 5) is 17.0. The summed E-state index contributed by atoms with van der Waals surface area (Å²) in [6.07, 6.45) is 5.52. The molecule has 6 heteroatoms. The summed E-state index contributed by atoms with van der Waals surface area (Å²) in [7, 11) is 0. The minimum absolute atomic E-state index is 0.0451. The highest BCUT2D eigenvalue weighted by molar-refractivity contribution is 6.30. The van der Waals surface area contributed by atoms with Crippen LogP contribution in [0, 0.1) is 5.41 Å². The predicted octanol–water partition coefficient (Wildman–Crippen LogP) is 4.85. The number of carbonyl (C=O) groups excluding carboxylic acids is 1. The topological polar surface area (TPSA) is 47.6 Å². The van der Waals surface area contributed by atoms with E-state index in [2.05, 4.69) is 33.7 Å². The van der Waals surface area contributed by atoms with Gasteiger partial charge in [-0.2, -0.15) is 0 Å². The molecule has 1 spiro atoms. The highest BCUT2D eigenvalue weighted by Crippen LogP contribution is 2.38. The van der Waals surface area contributed by atoms with Gasteiger partial charge in [0.2, 0.25) is 0 Å². The van der Waals surface area contributed by atoms with Crippen LogP contribution in [-0.4, -0.2) is 50.2 Å². The molecule has 31 heavy (non-hydrogen) atoms. The number of hydrogen-bond acceptors (Lipinski definition) is 3. The van der Waals surface area contributed by atoms with E-state index < -0.39 is 0 Å². The third-order valence-electron chi connectivity index (χ3n) is 6.97. The normalized spacial score (nSPS) is 23.3. The van der Waals surface area contributed by atoms with Crippen LogP contribution in [0.2, 0.25) is 5.02 Å². The maximum atomic E-state index is 12.7. The lowest BCUT2D eigenvalue weighted by Gasteiger charge is -2.27. The van der Waals surface area contributed by atoms with Crippen LogP contribution in [-0.2, 0) is 0 Å². The maximum absolute atomic E-state index is 12.7. The Morgan fingerprint density at radius 2 is 1.84 bits per heavy atom. The molecule has 0 bridgehead atoms. The number of carbonyl (C=O) groups is 1. The van der Waals surface area contributed by atoms with E-state index in [1.165, 1.54) is 29.7 Å². The summed E-state index contributed by atoms with van der Waals surface area (Å²) in [5, 5.41) is 7.31. The number of nitrogens with zero attached hydrogens (tertiary/aromatic N) is 2. The van der Waals surface area contributed by atoms with E-state index in [0.717, 1.165) is 43.3 Å². The molecule has 1 atom stereocenters. The minimum atomic E-state index is -0.0451. The molecule has 3 aliphatic rings. The summed E-state index contributed by atoms with van der Waals surface area (Å²) in [6.45, 7) is 5.85. The molecule has 2 amide bonds. The molecule has 0 saturated carbocycles. The molecule has 5 nitrogen and oxygen atoms in total. The molecule has 0 radical (unpaired) electrons. The first-order chi connectivity index (χ1) is 15.1. The summed E-state index contributed by atoms with van der Waals surface area (Å²) in [6, 6.07) is 16.1. The van der Waals surface area contributed by atoms with Gasteiger partial charge in [-0.3, -0.25) is 0 Å². The molecule has 0 aromatic heterocycles. The second kappa shape index (κ2) is 8.56. The number of hydrogen-bond donors (Lipinski definition) is 2. The van der Waals surface area contributed by atoms with Crippen molar-refractivity contribution in [2.75, 3.05) is 49.5 Å². The van der Waals surface area contributed by atoms with Crippen molar-refractivity contribution >= 4 is 34.6 Å². The van der Waals surface area contributed by atoms with E-state index in [0.29, 0.717) is 18.5 Å². The molecule has 3 aliphatic heterocycles. The van der Waals surface area contributed by atoms with Gasteiger partial charge in [-0.25, -0.2) is 4.79 Å². The van der Waals surface area contributed by atoms with Crippen LogP contribution in [0.1, 0.15) is 24.8 Å². The Hall–Kier alpha value is -2.50. The van der Waals surface area contributed by atoms with Crippen LogP contribution in [0.25, 0.3) is 5.57 Å². The minimum Gasteiger partial charge on any atom is -0.371 e. The van der Waals surface area contributed by atoms with E-state index >= 15 is 0 Å². The standard InChI is InChI=1S/C25H29ClN4O/c26-21-3-1-19(2-4-21)20-9-14-29(15-10-20)24(31)28-22-5-7-23(8-6-22)30-16-12-25(18-30)11-13-27-17-25/h1-9,27H,10-18H2,(H,28,31). The number of amides is 2. The highest BCUT2D eigenvalue weighted by Gasteiger charge is 2.40. The lowest BCUT2D eigenvalue weighted by molar-refractivity contribution is 0.217. The average molecular weight is 437 g/mol. The van der Waals surface area contributed by atoms with Gasteiger partial charge in [0.1, 0.15) is 0 Å². The third-order valence-corrected chi connectivity index (χ3v) is 7.22. The van der Waals surface area contributed by atoms with Crippen molar-refractivity contribution in [3.05, 3.63) is 65.2 Å². The third kappa shape index (κ3) is 4.43. The van der Waals surface area contributed by atoms with Gasteiger partial charge in [-0.15, -0.1) is 0 Å². The Kier molecular flexibility index (Phi) is 5.63. The predicted molar refractivity (Wildman–Crippen MR) is 128 cm³/mol. The molecular weight excluding hydrogens is 408 g/mol. The first-order valence-corrected chi connectivity index (χ1v) is 11.5. The fourth-order valence-corrected chi connectivity index (χ4v) is 5.16. The largest absolute Gasteiger partial charge is 0.371 e. The molecule has 2 saturated heterocycles. The molecule has 2 aromatic rings. The Morgan fingerprint density at radius 3 is 2.52 bits per heavy atom. The van der Waals surface area contributed by atoms with Crippen molar-refractivity contribution in [3.63, 3.8) is 0 Å². The Balaban J connectivity index is 1.16. The Labute approximate surface area is 189 Å². The zero-order valence-corrected chi connectivity index (χ0v) is 18.5. The first-order valence-electron chi connectivity index (χ1n) is 11.2. The maximum Gasteiger partial charge on any atom is 0.322 e. The van der Waals surface area contributed by atoms with Crippen LogP contribution in [0.4, 0.5) is 16.2 Å². The molecule has 0 aliphatic carbocycles. The monoisotopic (exact) mass is 436 g/mol. The van der Waals surface area contributed by atoms with Crippen molar-refractivity contribution in [1.29, 1.82) is 0 Å².